The molecule has 32 heavy (non-hydrogen) atoms. The van der Waals surface area contributed by atoms with Crippen LogP contribution in [0.5, 0.6) is 5.75 Å². The van der Waals surface area contributed by atoms with Gasteiger partial charge < -0.3 is 14.5 Å². The molecule has 1 aliphatic rings. The summed E-state index contributed by atoms with van der Waals surface area (Å²) in [5.41, 5.74) is 2.96. The molecule has 2 N–H and O–H groups in total. The zero-order valence-corrected chi connectivity index (χ0v) is 19.0. The van der Waals surface area contributed by atoms with E-state index in [-0.39, 0.29) is 16.3 Å². The Kier molecular flexibility index (Phi) is 5.71. The standard InChI is InChI=1S/C24H21N3O3S2/c1-14-18(26-23(30-14)15-5-3-2-4-6-15)9-11-29-19-8-7-16(21-17(19)10-12-31-21)13-20-22(28)27-24(25)32-20/h2-8,10,12,20H,9,11,13H2,1H3,(H2,25,27,28). The van der Waals surface area contributed by atoms with E-state index in [4.69, 9.17) is 14.6 Å². The molecule has 8 heteroatoms. The van der Waals surface area contributed by atoms with Gasteiger partial charge in [0.25, 0.3) is 0 Å². The summed E-state index contributed by atoms with van der Waals surface area (Å²) in [5.74, 6) is 2.17. The highest BCUT2D eigenvalue weighted by Crippen LogP contribution is 2.35. The quantitative estimate of drug-likeness (QED) is 0.394. The van der Waals surface area contributed by atoms with Crippen molar-refractivity contribution in [3.63, 3.8) is 0 Å². The summed E-state index contributed by atoms with van der Waals surface area (Å²) in [6.07, 6.45) is 1.24. The van der Waals surface area contributed by atoms with Crippen LogP contribution in [0.4, 0.5) is 0 Å². The highest BCUT2D eigenvalue weighted by molar-refractivity contribution is 8.15. The van der Waals surface area contributed by atoms with Crippen LogP contribution in [-0.4, -0.2) is 27.9 Å². The first-order valence-corrected chi connectivity index (χ1v) is 12.0. The average Bonchev–Trinajstić information content (AvgIpc) is 3.50. The monoisotopic (exact) mass is 463 g/mol. The molecule has 3 heterocycles. The smallest absolute Gasteiger partial charge is 0.239 e. The Morgan fingerprint density at radius 2 is 2.03 bits per heavy atom. The third kappa shape index (κ3) is 4.16. The molecule has 1 saturated heterocycles. The summed E-state index contributed by atoms with van der Waals surface area (Å²) in [7, 11) is 0. The molecule has 0 saturated carbocycles. The van der Waals surface area contributed by atoms with Crippen LogP contribution >= 0.6 is 23.1 Å². The molecule has 2 aromatic carbocycles. The molecular weight excluding hydrogens is 442 g/mol. The molecule has 0 spiro atoms. The van der Waals surface area contributed by atoms with Crippen molar-refractivity contribution in [1.29, 1.82) is 5.41 Å². The van der Waals surface area contributed by atoms with Gasteiger partial charge in [0.15, 0.2) is 5.17 Å². The van der Waals surface area contributed by atoms with Crippen molar-refractivity contribution in [2.45, 2.75) is 25.0 Å². The number of thioether (sulfide) groups is 1. The molecule has 162 valence electrons. The van der Waals surface area contributed by atoms with Gasteiger partial charge in [-0.15, -0.1) is 11.3 Å². The fourth-order valence-corrected chi connectivity index (χ4v) is 5.57. The zero-order valence-electron chi connectivity index (χ0n) is 17.4. The number of nitrogens with one attached hydrogen (secondary N) is 2. The normalized spacial score (nSPS) is 16.0. The number of aromatic nitrogens is 1. The van der Waals surface area contributed by atoms with Crippen LogP contribution in [0.3, 0.4) is 0 Å². The largest absolute Gasteiger partial charge is 0.493 e. The Labute approximate surface area is 193 Å². The average molecular weight is 464 g/mol. The lowest BCUT2D eigenvalue weighted by atomic mass is 10.1. The summed E-state index contributed by atoms with van der Waals surface area (Å²) < 4.78 is 13.1. The number of amides is 1. The predicted molar refractivity (Wildman–Crippen MR) is 129 cm³/mol. The minimum Gasteiger partial charge on any atom is -0.493 e. The number of hydrogen-bond acceptors (Lipinski definition) is 7. The summed E-state index contributed by atoms with van der Waals surface area (Å²) in [4.78, 5) is 16.7. The molecule has 1 unspecified atom stereocenters. The highest BCUT2D eigenvalue weighted by atomic mass is 32.2. The molecule has 5 rings (SSSR count). The van der Waals surface area contributed by atoms with Gasteiger partial charge in [-0.3, -0.25) is 10.2 Å². The van der Waals surface area contributed by atoms with Crippen LogP contribution < -0.4 is 10.1 Å². The van der Waals surface area contributed by atoms with Crippen LogP contribution in [0.2, 0.25) is 0 Å². The predicted octanol–water partition coefficient (Wildman–Crippen LogP) is 5.20. The van der Waals surface area contributed by atoms with E-state index in [1.807, 2.05) is 54.8 Å². The summed E-state index contributed by atoms with van der Waals surface area (Å²) in [5, 5.41) is 13.3. The maximum atomic E-state index is 12.0. The van der Waals surface area contributed by atoms with Crippen LogP contribution in [0, 0.1) is 12.3 Å². The van der Waals surface area contributed by atoms with Crippen LogP contribution in [0.1, 0.15) is 17.0 Å². The van der Waals surface area contributed by atoms with Crippen molar-refractivity contribution in [3.8, 4) is 17.2 Å². The van der Waals surface area contributed by atoms with Gasteiger partial charge in [-0.2, -0.15) is 0 Å². The van der Waals surface area contributed by atoms with Gasteiger partial charge in [0.05, 0.1) is 17.6 Å². The minimum absolute atomic E-state index is 0.0945. The van der Waals surface area contributed by atoms with Crippen LogP contribution in [-0.2, 0) is 17.6 Å². The van der Waals surface area contributed by atoms with Gasteiger partial charge in [-0.1, -0.05) is 36.0 Å². The van der Waals surface area contributed by atoms with Crippen LogP contribution in [0.25, 0.3) is 21.5 Å². The first kappa shape index (κ1) is 20.8. The first-order chi connectivity index (χ1) is 15.6. The van der Waals surface area contributed by atoms with Gasteiger partial charge >= 0.3 is 0 Å². The zero-order chi connectivity index (χ0) is 22.1. The van der Waals surface area contributed by atoms with E-state index in [1.165, 1.54) is 11.8 Å². The lowest BCUT2D eigenvalue weighted by Crippen LogP contribution is -2.25. The minimum atomic E-state index is -0.256. The Balaban J connectivity index is 1.28. The maximum absolute atomic E-state index is 12.0. The fraction of sp³-hybridized carbons (Fsp3) is 0.208. The Morgan fingerprint density at radius 1 is 1.19 bits per heavy atom. The van der Waals surface area contributed by atoms with Crippen molar-refractivity contribution < 1.29 is 13.9 Å². The number of oxazole rings is 1. The summed E-state index contributed by atoms with van der Waals surface area (Å²) in [6, 6.07) is 15.9. The number of ether oxygens (including phenoxy) is 1. The summed E-state index contributed by atoms with van der Waals surface area (Å²) >= 11 is 2.92. The number of nitrogens with zero attached hydrogens (tertiary/aromatic N) is 1. The second-order valence-electron chi connectivity index (χ2n) is 7.50. The van der Waals surface area contributed by atoms with Gasteiger partial charge in [-0.25, -0.2) is 4.98 Å². The van der Waals surface area contributed by atoms with Gasteiger partial charge in [0.2, 0.25) is 11.8 Å². The van der Waals surface area contributed by atoms with E-state index in [0.29, 0.717) is 25.3 Å². The topological polar surface area (TPSA) is 88.2 Å². The van der Waals surface area contributed by atoms with Crippen molar-refractivity contribution in [3.05, 3.63) is 70.9 Å². The van der Waals surface area contributed by atoms with E-state index in [1.54, 1.807) is 11.3 Å². The maximum Gasteiger partial charge on any atom is 0.239 e. The summed E-state index contributed by atoms with van der Waals surface area (Å²) in [6.45, 7) is 2.42. The van der Waals surface area contributed by atoms with E-state index in [2.05, 4.69) is 16.4 Å². The number of aryl methyl sites for hydroxylation is 1. The van der Waals surface area contributed by atoms with Gasteiger partial charge in [0.1, 0.15) is 11.5 Å². The van der Waals surface area contributed by atoms with Crippen molar-refractivity contribution in [1.82, 2.24) is 10.3 Å². The van der Waals surface area contributed by atoms with E-state index in [0.717, 1.165) is 38.4 Å². The van der Waals surface area contributed by atoms with Crippen molar-refractivity contribution in [2.75, 3.05) is 6.61 Å². The Hall–Kier alpha value is -3.10. The number of rotatable bonds is 7. The van der Waals surface area contributed by atoms with Gasteiger partial charge in [-0.05, 0) is 48.6 Å². The number of amidine groups is 1. The molecule has 1 amide bonds. The molecule has 0 radical (unpaired) electrons. The van der Waals surface area contributed by atoms with E-state index in [9.17, 15) is 4.79 Å². The van der Waals surface area contributed by atoms with E-state index < -0.39 is 0 Å². The first-order valence-electron chi connectivity index (χ1n) is 10.3. The number of benzene rings is 2. The molecule has 1 aliphatic heterocycles. The third-order valence-corrected chi connectivity index (χ3v) is 7.36. The Bertz CT molecular complexity index is 1300. The molecule has 1 atom stereocenters. The molecular formula is C24H21N3O3S2. The number of thiophene rings is 1. The molecule has 6 nitrogen and oxygen atoms in total. The molecule has 1 fully saturated rings. The molecule has 2 aromatic heterocycles. The van der Waals surface area contributed by atoms with Crippen molar-refractivity contribution in [2.24, 2.45) is 0 Å². The number of carbonyl (C=O) groups excluding carboxylic acids is 1. The van der Waals surface area contributed by atoms with Crippen LogP contribution in [0.15, 0.2) is 58.3 Å². The number of carbonyl (C=O) groups is 1. The second-order valence-corrected chi connectivity index (χ2v) is 9.63. The lowest BCUT2D eigenvalue weighted by molar-refractivity contribution is -0.118. The second kappa shape index (κ2) is 8.80. The molecule has 4 aromatic rings. The van der Waals surface area contributed by atoms with Gasteiger partial charge in [0, 0.05) is 22.1 Å². The lowest BCUT2D eigenvalue weighted by Gasteiger charge is -2.11. The Morgan fingerprint density at radius 3 is 2.81 bits per heavy atom. The van der Waals surface area contributed by atoms with E-state index >= 15 is 0 Å². The molecule has 0 aliphatic carbocycles. The number of fused-ring (bicyclic) bond motifs is 1. The highest BCUT2D eigenvalue weighted by Gasteiger charge is 2.30. The SMILES string of the molecule is Cc1oc(-c2ccccc2)nc1CCOc1ccc(CC2SC(=N)NC2=O)c2sccc12. The third-order valence-electron chi connectivity index (χ3n) is 5.36. The number of hydrogen-bond donors (Lipinski definition) is 2. The fourth-order valence-electron chi connectivity index (χ4n) is 3.75. The van der Waals surface area contributed by atoms with Crippen molar-refractivity contribution >= 4 is 44.3 Å². The molecule has 0 bridgehead atoms.